The Bertz CT molecular complexity index is 780. The highest BCUT2D eigenvalue weighted by Crippen LogP contribution is 2.27. The Morgan fingerprint density at radius 1 is 1.38 bits per heavy atom. The van der Waals surface area contributed by atoms with E-state index in [1.807, 2.05) is 54.1 Å². The first kappa shape index (κ1) is 14.4. The van der Waals surface area contributed by atoms with Crippen molar-refractivity contribution in [3.63, 3.8) is 0 Å². The molecular weight excluding hydrogens is 324 g/mol. The van der Waals surface area contributed by atoms with Gasteiger partial charge >= 0.3 is 0 Å². The van der Waals surface area contributed by atoms with Gasteiger partial charge in [-0.2, -0.15) is 0 Å². The zero-order valence-electron chi connectivity index (χ0n) is 11.1. The van der Waals surface area contributed by atoms with E-state index in [1.54, 1.807) is 0 Å². The van der Waals surface area contributed by atoms with Crippen LogP contribution in [0.15, 0.2) is 41.4 Å². The molecule has 1 fully saturated rings. The number of carbonyl (C=O) groups excluding carboxylic acids is 1. The number of benzene rings is 1. The van der Waals surface area contributed by atoms with Crippen molar-refractivity contribution < 1.29 is 4.79 Å². The normalized spacial score (nSPS) is 16.6. The largest absolute Gasteiger partial charge is 0.317 e. The van der Waals surface area contributed by atoms with Gasteiger partial charge in [0, 0.05) is 22.6 Å². The monoisotopic (exact) mass is 334 g/mol. The van der Waals surface area contributed by atoms with Gasteiger partial charge in [0.15, 0.2) is 0 Å². The van der Waals surface area contributed by atoms with E-state index in [-0.39, 0.29) is 5.91 Å². The van der Waals surface area contributed by atoms with Gasteiger partial charge in [0.1, 0.15) is 4.32 Å². The van der Waals surface area contributed by atoms with E-state index in [9.17, 15) is 4.79 Å². The molecule has 0 unspecified atom stereocenters. The Labute approximate surface area is 137 Å². The lowest BCUT2D eigenvalue weighted by atomic mass is 10.2. The summed E-state index contributed by atoms with van der Waals surface area (Å²) in [7, 11) is 0. The lowest BCUT2D eigenvalue weighted by molar-refractivity contribution is -0.115. The molecule has 3 rings (SSSR count). The maximum Gasteiger partial charge on any atom is 0.263 e. The number of aromatic nitrogens is 1. The molecule has 2 heterocycles. The van der Waals surface area contributed by atoms with Gasteiger partial charge in [-0.05, 0) is 42.8 Å². The van der Waals surface area contributed by atoms with Crippen LogP contribution in [0.25, 0.3) is 11.8 Å². The summed E-state index contributed by atoms with van der Waals surface area (Å²) in [6.07, 6.45) is 3.76. The molecule has 1 N–H and O–H groups in total. The van der Waals surface area contributed by atoms with Crippen molar-refractivity contribution >= 4 is 51.9 Å². The summed E-state index contributed by atoms with van der Waals surface area (Å²) in [6, 6.07) is 9.74. The highest BCUT2D eigenvalue weighted by Gasteiger charge is 2.22. The number of halogens is 1. The smallest absolute Gasteiger partial charge is 0.263 e. The van der Waals surface area contributed by atoms with Crippen LogP contribution < -0.4 is 5.32 Å². The molecule has 1 aromatic heterocycles. The summed E-state index contributed by atoms with van der Waals surface area (Å²) >= 11 is 12.4. The summed E-state index contributed by atoms with van der Waals surface area (Å²) in [5.41, 5.74) is 2.88. The van der Waals surface area contributed by atoms with Crippen LogP contribution in [-0.4, -0.2) is 14.8 Å². The summed E-state index contributed by atoms with van der Waals surface area (Å²) < 4.78 is 2.47. The first-order chi connectivity index (χ1) is 10.0. The van der Waals surface area contributed by atoms with Crippen molar-refractivity contribution in [2.45, 2.75) is 6.92 Å². The number of hydrogen-bond donors (Lipinski definition) is 1. The summed E-state index contributed by atoms with van der Waals surface area (Å²) in [4.78, 5) is 12.3. The number of thioether (sulfide) groups is 1. The molecule has 6 heteroatoms. The number of thiocarbonyl (C=S) groups is 1. The summed E-state index contributed by atoms with van der Waals surface area (Å²) in [6.45, 7) is 1.96. The number of aryl methyl sites for hydroxylation is 1. The second kappa shape index (κ2) is 5.67. The number of nitrogens with one attached hydrogen (secondary N) is 1. The first-order valence-electron chi connectivity index (χ1n) is 6.23. The number of carbonyl (C=O) groups is 1. The van der Waals surface area contributed by atoms with Gasteiger partial charge in [-0.1, -0.05) is 41.6 Å². The van der Waals surface area contributed by atoms with Crippen molar-refractivity contribution in [2.24, 2.45) is 0 Å². The van der Waals surface area contributed by atoms with Crippen molar-refractivity contribution in [2.75, 3.05) is 0 Å². The third-order valence-electron chi connectivity index (χ3n) is 3.13. The molecule has 1 aliphatic heterocycles. The molecule has 1 amide bonds. The molecule has 21 heavy (non-hydrogen) atoms. The van der Waals surface area contributed by atoms with E-state index in [1.165, 1.54) is 11.8 Å². The van der Waals surface area contributed by atoms with Crippen molar-refractivity contribution in [3.8, 4) is 5.69 Å². The molecule has 1 saturated heterocycles. The lowest BCUT2D eigenvalue weighted by Gasteiger charge is -2.08. The lowest BCUT2D eigenvalue weighted by Crippen LogP contribution is -2.17. The molecule has 0 bridgehead atoms. The topological polar surface area (TPSA) is 34.0 Å². The quantitative estimate of drug-likeness (QED) is 0.667. The van der Waals surface area contributed by atoms with Gasteiger partial charge < -0.3 is 9.88 Å². The van der Waals surface area contributed by atoms with Gasteiger partial charge in [0.05, 0.1) is 4.91 Å². The number of rotatable bonds is 2. The Hall–Kier alpha value is -1.56. The predicted octanol–water partition coefficient (Wildman–Crippen LogP) is 3.93. The average Bonchev–Trinajstić information content (AvgIpc) is 3.01. The minimum Gasteiger partial charge on any atom is -0.317 e. The Kier molecular flexibility index (Phi) is 3.89. The summed E-state index contributed by atoms with van der Waals surface area (Å²) in [5.74, 6) is -0.153. The number of amides is 1. The average molecular weight is 335 g/mol. The molecule has 106 valence electrons. The minimum atomic E-state index is -0.153. The molecule has 0 spiro atoms. The summed E-state index contributed by atoms with van der Waals surface area (Å²) in [5, 5.41) is 3.33. The zero-order chi connectivity index (χ0) is 15.0. The van der Waals surface area contributed by atoms with Gasteiger partial charge in [-0.25, -0.2) is 0 Å². The number of hydrogen-bond acceptors (Lipinski definition) is 3. The van der Waals surface area contributed by atoms with Crippen LogP contribution in [0, 0.1) is 6.92 Å². The Balaban J connectivity index is 2.01. The maximum absolute atomic E-state index is 11.7. The second-order valence-corrected chi connectivity index (χ2v) is 6.71. The first-order valence-corrected chi connectivity index (χ1v) is 7.83. The minimum absolute atomic E-state index is 0.153. The highest BCUT2D eigenvalue weighted by atomic mass is 35.5. The van der Waals surface area contributed by atoms with Gasteiger partial charge in [-0.3, -0.25) is 4.79 Å². The van der Waals surface area contributed by atoms with Crippen LogP contribution >= 0.6 is 35.6 Å². The SMILES string of the molecule is Cc1ccc(-n2cccc2/C=C2/SC(=S)NC2=O)cc1Cl. The molecule has 0 atom stereocenters. The molecule has 0 radical (unpaired) electrons. The van der Waals surface area contributed by atoms with E-state index in [2.05, 4.69) is 5.32 Å². The van der Waals surface area contributed by atoms with Gasteiger partial charge in [0.2, 0.25) is 0 Å². The van der Waals surface area contributed by atoms with Crippen LogP contribution in [0.1, 0.15) is 11.3 Å². The molecule has 0 saturated carbocycles. The van der Waals surface area contributed by atoms with Gasteiger partial charge in [0.25, 0.3) is 5.91 Å². The van der Waals surface area contributed by atoms with E-state index in [4.69, 9.17) is 23.8 Å². The van der Waals surface area contributed by atoms with Crippen LogP contribution in [0.4, 0.5) is 0 Å². The molecular formula is C15H11ClN2OS2. The third kappa shape index (κ3) is 2.90. The third-order valence-corrected chi connectivity index (χ3v) is 4.70. The van der Waals surface area contributed by atoms with Crippen LogP contribution in [0.3, 0.4) is 0 Å². The maximum atomic E-state index is 11.7. The molecule has 3 nitrogen and oxygen atoms in total. The fourth-order valence-corrected chi connectivity index (χ4v) is 3.24. The highest BCUT2D eigenvalue weighted by molar-refractivity contribution is 8.26. The molecule has 1 aliphatic rings. The van der Waals surface area contributed by atoms with Crippen molar-refractivity contribution in [1.29, 1.82) is 0 Å². The fourth-order valence-electron chi connectivity index (χ4n) is 2.03. The Morgan fingerprint density at radius 3 is 2.86 bits per heavy atom. The van der Waals surface area contributed by atoms with Crippen molar-refractivity contribution in [1.82, 2.24) is 9.88 Å². The predicted molar refractivity (Wildman–Crippen MR) is 91.8 cm³/mol. The van der Waals surface area contributed by atoms with E-state index >= 15 is 0 Å². The zero-order valence-corrected chi connectivity index (χ0v) is 13.5. The standard InChI is InChI=1S/C15H11ClN2OS2/c1-9-4-5-11(7-12(9)16)18-6-2-3-10(18)8-13-14(19)17-15(20)21-13/h2-8H,1H3,(H,17,19,20)/b13-8+. The van der Waals surface area contributed by atoms with Crippen LogP contribution in [0.5, 0.6) is 0 Å². The van der Waals surface area contributed by atoms with E-state index < -0.39 is 0 Å². The number of nitrogens with zero attached hydrogens (tertiary/aromatic N) is 1. The fraction of sp³-hybridized carbons (Fsp3) is 0.0667. The Morgan fingerprint density at radius 2 is 2.19 bits per heavy atom. The molecule has 1 aromatic carbocycles. The molecule has 0 aliphatic carbocycles. The van der Waals surface area contributed by atoms with E-state index in [0.29, 0.717) is 14.2 Å². The van der Waals surface area contributed by atoms with Crippen LogP contribution in [-0.2, 0) is 4.79 Å². The van der Waals surface area contributed by atoms with Crippen molar-refractivity contribution in [3.05, 3.63) is 57.7 Å². The molecule has 2 aromatic rings. The van der Waals surface area contributed by atoms with E-state index in [0.717, 1.165) is 16.9 Å². The van der Waals surface area contributed by atoms with Gasteiger partial charge in [-0.15, -0.1) is 0 Å². The van der Waals surface area contributed by atoms with Crippen LogP contribution in [0.2, 0.25) is 5.02 Å². The second-order valence-electron chi connectivity index (χ2n) is 4.59.